The van der Waals surface area contributed by atoms with E-state index >= 15 is 0 Å². The molecule has 1 aromatic carbocycles. The summed E-state index contributed by atoms with van der Waals surface area (Å²) in [6.45, 7) is 0.814. The molecule has 3 heterocycles. The van der Waals surface area contributed by atoms with Crippen LogP contribution in [0, 0.1) is 0 Å². The zero-order valence-electron chi connectivity index (χ0n) is 17.3. The number of anilines is 1. The van der Waals surface area contributed by atoms with Crippen LogP contribution in [0.25, 0.3) is 5.69 Å². The second-order valence-electron chi connectivity index (χ2n) is 7.61. The minimum atomic E-state index is -0.0629. The van der Waals surface area contributed by atoms with Gasteiger partial charge in [0.2, 0.25) is 0 Å². The zero-order valence-corrected chi connectivity index (χ0v) is 18.1. The highest BCUT2D eigenvalue weighted by Gasteiger charge is 2.40. The molecular formula is C23H27N5OS. The van der Waals surface area contributed by atoms with Gasteiger partial charge in [0, 0.05) is 56.7 Å². The van der Waals surface area contributed by atoms with Crippen LogP contribution >= 0.6 is 12.2 Å². The summed E-state index contributed by atoms with van der Waals surface area (Å²) in [5, 5.41) is 13.6. The van der Waals surface area contributed by atoms with Crippen LogP contribution in [0.2, 0.25) is 0 Å². The summed E-state index contributed by atoms with van der Waals surface area (Å²) in [5.74, 6) is 0. The third-order valence-corrected chi connectivity index (χ3v) is 5.83. The highest BCUT2D eigenvalue weighted by Crippen LogP contribution is 2.39. The van der Waals surface area contributed by atoms with Crippen molar-refractivity contribution in [3.8, 4) is 5.69 Å². The number of rotatable bonds is 7. The van der Waals surface area contributed by atoms with Crippen molar-refractivity contribution in [3.63, 3.8) is 0 Å². The van der Waals surface area contributed by atoms with Crippen molar-refractivity contribution in [2.45, 2.75) is 18.5 Å². The van der Waals surface area contributed by atoms with E-state index in [1.807, 2.05) is 38.5 Å². The number of hydrogen-bond acceptors (Lipinski definition) is 4. The molecule has 30 heavy (non-hydrogen) atoms. The molecule has 0 radical (unpaired) electrons. The Balaban J connectivity index is 1.75. The Bertz CT molecular complexity index is 986. The van der Waals surface area contributed by atoms with Gasteiger partial charge in [-0.05, 0) is 67.2 Å². The Labute approximate surface area is 182 Å². The van der Waals surface area contributed by atoms with Crippen LogP contribution in [0.3, 0.4) is 0 Å². The molecule has 0 amide bonds. The van der Waals surface area contributed by atoms with E-state index in [1.54, 1.807) is 0 Å². The lowest BCUT2D eigenvalue weighted by Gasteiger charge is -2.29. The van der Waals surface area contributed by atoms with E-state index in [1.165, 1.54) is 0 Å². The standard InChI is InChI=1S/C23H27N5OS/c1-26(2)17-9-11-18(12-10-17)27-14-5-8-20(27)22-21(19-7-3-4-13-24-19)25-23(30)28(22)15-6-16-29/h3-5,7-14,21-22,29H,6,15-16H2,1-2H3,(H,25,30)/t21-,22+/m1/s1. The van der Waals surface area contributed by atoms with Crippen molar-refractivity contribution < 1.29 is 5.11 Å². The third kappa shape index (κ3) is 3.91. The highest BCUT2D eigenvalue weighted by atomic mass is 32.1. The number of aromatic nitrogens is 2. The summed E-state index contributed by atoms with van der Waals surface area (Å²) in [4.78, 5) is 8.85. The lowest BCUT2D eigenvalue weighted by Crippen LogP contribution is -2.31. The summed E-state index contributed by atoms with van der Waals surface area (Å²) < 4.78 is 2.21. The largest absolute Gasteiger partial charge is 0.396 e. The fourth-order valence-electron chi connectivity index (χ4n) is 3.99. The van der Waals surface area contributed by atoms with Crippen molar-refractivity contribution in [3.05, 3.63) is 78.4 Å². The normalized spacial score (nSPS) is 18.5. The van der Waals surface area contributed by atoms with Gasteiger partial charge in [-0.25, -0.2) is 0 Å². The van der Waals surface area contributed by atoms with Gasteiger partial charge >= 0.3 is 0 Å². The van der Waals surface area contributed by atoms with Crippen molar-refractivity contribution >= 4 is 23.0 Å². The van der Waals surface area contributed by atoms with E-state index in [9.17, 15) is 5.11 Å². The van der Waals surface area contributed by atoms with Gasteiger partial charge in [-0.3, -0.25) is 4.98 Å². The SMILES string of the molecule is CN(C)c1ccc(-n2cccc2[C@H]2[C@@H](c3ccccn3)NC(=S)N2CCCO)cc1. The van der Waals surface area contributed by atoms with Gasteiger partial charge in [-0.2, -0.15) is 0 Å². The number of hydrogen-bond donors (Lipinski definition) is 2. The van der Waals surface area contributed by atoms with Gasteiger partial charge < -0.3 is 24.8 Å². The molecular weight excluding hydrogens is 394 g/mol. The maximum absolute atomic E-state index is 9.40. The predicted octanol–water partition coefficient (Wildman–Crippen LogP) is 3.29. The molecule has 0 spiro atoms. The molecule has 1 fully saturated rings. The molecule has 4 rings (SSSR count). The van der Waals surface area contributed by atoms with E-state index in [0.29, 0.717) is 18.1 Å². The molecule has 2 aromatic heterocycles. The number of nitrogens with zero attached hydrogens (tertiary/aromatic N) is 4. The molecule has 156 valence electrons. The Morgan fingerprint density at radius 2 is 1.90 bits per heavy atom. The van der Waals surface area contributed by atoms with Gasteiger partial charge in [0.25, 0.3) is 0 Å². The van der Waals surface area contributed by atoms with Crippen LogP contribution in [0.5, 0.6) is 0 Å². The number of aliphatic hydroxyl groups excluding tert-OH is 1. The van der Waals surface area contributed by atoms with Gasteiger partial charge in [-0.15, -0.1) is 0 Å². The van der Waals surface area contributed by atoms with E-state index in [0.717, 1.165) is 22.8 Å². The average molecular weight is 422 g/mol. The average Bonchev–Trinajstić information content (AvgIpc) is 3.37. The molecule has 2 atom stereocenters. The molecule has 0 saturated carbocycles. The smallest absolute Gasteiger partial charge is 0.170 e. The number of thiocarbonyl (C=S) groups is 1. The predicted molar refractivity (Wildman–Crippen MR) is 124 cm³/mol. The first kappa shape index (κ1) is 20.4. The van der Waals surface area contributed by atoms with E-state index < -0.39 is 0 Å². The fourth-order valence-corrected chi connectivity index (χ4v) is 4.32. The molecule has 1 aliphatic heterocycles. The Morgan fingerprint density at radius 3 is 2.57 bits per heavy atom. The first-order valence-corrected chi connectivity index (χ1v) is 10.5. The summed E-state index contributed by atoms with van der Waals surface area (Å²) in [6, 6.07) is 18.6. The fraction of sp³-hybridized carbons (Fsp3) is 0.304. The Kier molecular flexibility index (Phi) is 6.01. The monoisotopic (exact) mass is 421 g/mol. The highest BCUT2D eigenvalue weighted by molar-refractivity contribution is 7.80. The number of aliphatic hydroxyl groups is 1. The maximum Gasteiger partial charge on any atom is 0.170 e. The van der Waals surface area contributed by atoms with Crippen LogP contribution in [-0.4, -0.2) is 51.9 Å². The van der Waals surface area contributed by atoms with Crippen LogP contribution < -0.4 is 10.2 Å². The molecule has 2 N–H and O–H groups in total. The molecule has 7 heteroatoms. The first-order chi connectivity index (χ1) is 14.6. The minimum Gasteiger partial charge on any atom is -0.396 e. The molecule has 1 aliphatic rings. The van der Waals surface area contributed by atoms with Gasteiger partial charge in [-0.1, -0.05) is 6.07 Å². The maximum atomic E-state index is 9.40. The van der Waals surface area contributed by atoms with Gasteiger partial charge in [0.05, 0.1) is 17.8 Å². The summed E-state index contributed by atoms with van der Waals surface area (Å²) >= 11 is 5.68. The summed E-state index contributed by atoms with van der Waals surface area (Å²) in [7, 11) is 4.08. The number of nitrogens with one attached hydrogen (secondary N) is 1. The minimum absolute atomic E-state index is 0.0255. The van der Waals surface area contributed by atoms with E-state index in [-0.39, 0.29) is 18.7 Å². The summed E-state index contributed by atoms with van der Waals surface area (Å²) in [6.07, 6.45) is 4.55. The molecule has 1 saturated heterocycles. The van der Waals surface area contributed by atoms with Crippen molar-refractivity contribution in [2.75, 3.05) is 32.1 Å². The molecule has 0 bridgehead atoms. The van der Waals surface area contributed by atoms with Crippen molar-refractivity contribution in [1.29, 1.82) is 0 Å². The summed E-state index contributed by atoms with van der Waals surface area (Å²) in [5.41, 5.74) is 4.34. The Morgan fingerprint density at radius 1 is 1.10 bits per heavy atom. The van der Waals surface area contributed by atoms with Crippen molar-refractivity contribution in [1.82, 2.24) is 19.8 Å². The quantitative estimate of drug-likeness (QED) is 0.571. The van der Waals surface area contributed by atoms with Crippen molar-refractivity contribution in [2.24, 2.45) is 0 Å². The van der Waals surface area contributed by atoms with Crippen LogP contribution in [0.15, 0.2) is 67.0 Å². The second-order valence-corrected chi connectivity index (χ2v) is 8.00. The lowest BCUT2D eigenvalue weighted by molar-refractivity contribution is 0.245. The number of pyridine rings is 1. The topological polar surface area (TPSA) is 56.6 Å². The van der Waals surface area contributed by atoms with E-state index in [4.69, 9.17) is 12.2 Å². The lowest BCUT2D eigenvalue weighted by atomic mass is 10.0. The van der Waals surface area contributed by atoms with Crippen LogP contribution in [0.4, 0.5) is 5.69 Å². The molecule has 0 unspecified atom stereocenters. The third-order valence-electron chi connectivity index (χ3n) is 5.48. The van der Waals surface area contributed by atoms with Gasteiger partial charge in [0.15, 0.2) is 5.11 Å². The Hall–Kier alpha value is -2.90. The molecule has 0 aliphatic carbocycles. The molecule has 3 aromatic rings. The van der Waals surface area contributed by atoms with Crippen LogP contribution in [-0.2, 0) is 0 Å². The number of benzene rings is 1. The van der Waals surface area contributed by atoms with Gasteiger partial charge in [0.1, 0.15) is 0 Å². The molecule has 6 nitrogen and oxygen atoms in total. The van der Waals surface area contributed by atoms with Crippen LogP contribution in [0.1, 0.15) is 29.9 Å². The van der Waals surface area contributed by atoms with E-state index in [2.05, 4.69) is 67.3 Å². The second kappa shape index (κ2) is 8.85. The zero-order chi connectivity index (χ0) is 21.1. The first-order valence-electron chi connectivity index (χ1n) is 10.1.